The number of nitrogens with zero attached hydrogens (tertiary/aromatic N) is 10. The average Bonchev–Trinajstić information content (AvgIpc) is 4.05. The van der Waals surface area contributed by atoms with Crippen LogP contribution in [0.3, 0.4) is 0 Å². The quantitative estimate of drug-likeness (QED) is 0.101. The monoisotopic (exact) mass is 964 g/mol. The van der Waals surface area contributed by atoms with E-state index >= 15 is 4.79 Å². The van der Waals surface area contributed by atoms with Crippen LogP contribution in [0.5, 0.6) is 0 Å². The number of ketones is 1. The molecule has 4 aliphatic rings. The largest absolute Gasteiger partial charge is 0.378 e. The number of fused-ring (bicyclic) bond motifs is 4. The van der Waals surface area contributed by atoms with Crippen molar-refractivity contribution in [1.29, 1.82) is 0 Å². The maximum atomic E-state index is 16.3. The van der Waals surface area contributed by atoms with Gasteiger partial charge in [-0.3, -0.25) is 14.6 Å². The highest BCUT2D eigenvalue weighted by atomic mass is 16.5. The lowest BCUT2D eigenvalue weighted by atomic mass is 9.84. The van der Waals surface area contributed by atoms with E-state index in [1.54, 1.807) is 0 Å². The van der Waals surface area contributed by atoms with Crippen molar-refractivity contribution in [3.63, 3.8) is 0 Å². The van der Waals surface area contributed by atoms with Gasteiger partial charge in [0.1, 0.15) is 22.7 Å². The van der Waals surface area contributed by atoms with Crippen molar-refractivity contribution in [3.8, 4) is 22.5 Å². The summed E-state index contributed by atoms with van der Waals surface area (Å²) in [5.41, 5.74) is 18.0. The van der Waals surface area contributed by atoms with Crippen molar-refractivity contribution >= 4 is 28.1 Å². The van der Waals surface area contributed by atoms with E-state index in [1.807, 2.05) is 63.4 Å². The van der Waals surface area contributed by atoms with Gasteiger partial charge in [0.15, 0.2) is 17.1 Å². The number of Topliss-reactive ketones (excluding diaryl/α,β-unsaturated/α-hetero) is 1. The second kappa shape index (κ2) is 19.7. The fraction of sp³-hybridized carbons (Fsp3) is 0.400. The third kappa shape index (κ3) is 8.77. The molecule has 368 valence electrons. The zero-order valence-corrected chi connectivity index (χ0v) is 41.3. The van der Waals surface area contributed by atoms with E-state index < -0.39 is 12.1 Å². The predicted octanol–water partition coefficient (Wildman–Crippen LogP) is 6.67. The SMILES string of the molecule is CCc1c[nH]c2ncc(-c3cc4c(c(C5COCCN5)c3)CN(C(C(=O)C(c3cnc(C)nc3)N3CCc5cc(-c6cnc7[nH]cc(CC)c7n6)cc(C6COCCN6)c5C3)c3cnc(C)nc3)CC4)nc12. The van der Waals surface area contributed by atoms with E-state index in [-0.39, 0.29) is 17.9 Å². The first-order valence-electron chi connectivity index (χ1n) is 25.5. The summed E-state index contributed by atoms with van der Waals surface area (Å²) in [5.74, 6) is 1.32. The Balaban J connectivity index is 0.931. The molecular formula is C55H60N14O3. The van der Waals surface area contributed by atoms with Gasteiger partial charge in [0.25, 0.3) is 0 Å². The normalized spacial score (nSPS) is 19.6. The molecule has 17 nitrogen and oxygen atoms in total. The molecule has 12 rings (SSSR count). The molecule has 2 fully saturated rings. The number of morpholine rings is 2. The minimum absolute atomic E-state index is 0.0278. The van der Waals surface area contributed by atoms with Crippen LogP contribution in [0.25, 0.3) is 44.8 Å². The lowest BCUT2D eigenvalue weighted by Crippen LogP contribution is -2.46. The Morgan fingerprint density at radius 3 is 1.47 bits per heavy atom. The zero-order valence-electron chi connectivity index (χ0n) is 41.3. The molecule has 2 aromatic carbocycles. The van der Waals surface area contributed by atoms with Gasteiger partial charge in [-0.1, -0.05) is 13.8 Å². The van der Waals surface area contributed by atoms with Crippen LogP contribution in [-0.4, -0.2) is 118 Å². The highest BCUT2D eigenvalue weighted by Crippen LogP contribution is 2.41. The summed E-state index contributed by atoms with van der Waals surface area (Å²) in [6, 6.07) is 7.62. The minimum atomic E-state index is -0.686. The number of carbonyl (C=O) groups is 1. The second-order valence-electron chi connectivity index (χ2n) is 19.6. The van der Waals surface area contributed by atoms with E-state index in [4.69, 9.17) is 49.3 Å². The number of aryl methyl sites for hydroxylation is 4. The third-order valence-electron chi connectivity index (χ3n) is 15.2. The number of carbonyl (C=O) groups excluding carboxylic acids is 1. The topological polar surface area (TPSA) is 201 Å². The fourth-order valence-electron chi connectivity index (χ4n) is 11.4. The maximum absolute atomic E-state index is 16.3. The van der Waals surface area contributed by atoms with Crippen molar-refractivity contribution in [2.75, 3.05) is 52.6 Å². The van der Waals surface area contributed by atoms with Crippen LogP contribution in [0, 0.1) is 13.8 Å². The van der Waals surface area contributed by atoms with Gasteiger partial charge in [-0.25, -0.2) is 39.9 Å². The van der Waals surface area contributed by atoms with Crippen molar-refractivity contribution in [3.05, 3.63) is 141 Å². The first kappa shape index (κ1) is 46.3. The molecule has 0 spiro atoms. The Morgan fingerprint density at radius 1 is 0.625 bits per heavy atom. The van der Waals surface area contributed by atoms with Crippen LogP contribution in [0.2, 0.25) is 0 Å². The van der Waals surface area contributed by atoms with Gasteiger partial charge in [-0.05, 0) is 108 Å². The van der Waals surface area contributed by atoms with Crippen LogP contribution in [-0.2, 0) is 53.0 Å². The van der Waals surface area contributed by atoms with Crippen LogP contribution in [0.4, 0.5) is 0 Å². The number of H-pyrrole nitrogens is 2. The van der Waals surface area contributed by atoms with E-state index in [1.165, 1.54) is 22.3 Å². The van der Waals surface area contributed by atoms with Gasteiger partial charge in [0.05, 0.1) is 74.4 Å². The van der Waals surface area contributed by atoms with Crippen molar-refractivity contribution in [2.24, 2.45) is 0 Å². The summed E-state index contributed by atoms with van der Waals surface area (Å²) >= 11 is 0. The summed E-state index contributed by atoms with van der Waals surface area (Å²) in [7, 11) is 0. The fourth-order valence-corrected chi connectivity index (χ4v) is 11.4. The molecule has 0 aliphatic carbocycles. The van der Waals surface area contributed by atoms with Crippen molar-refractivity contribution in [1.82, 2.24) is 70.3 Å². The van der Waals surface area contributed by atoms with E-state index in [0.29, 0.717) is 64.3 Å². The van der Waals surface area contributed by atoms with E-state index in [2.05, 4.69) is 68.5 Å². The highest BCUT2D eigenvalue weighted by molar-refractivity contribution is 5.91. The molecule has 6 aromatic heterocycles. The number of benzene rings is 2. The smallest absolute Gasteiger partial charge is 0.176 e. The molecule has 0 radical (unpaired) electrons. The van der Waals surface area contributed by atoms with Crippen LogP contribution < -0.4 is 10.6 Å². The summed E-state index contributed by atoms with van der Waals surface area (Å²) in [6.07, 6.45) is 18.2. The molecule has 4 aliphatic heterocycles. The predicted molar refractivity (Wildman–Crippen MR) is 273 cm³/mol. The Morgan fingerprint density at radius 2 is 1.07 bits per heavy atom. The van der Waals surface area contributed by atoms with Crippen LogP contribution in [0.15, 0.2) is 73.8 Å². The maximum Gasteiger partial charge on any atom is 0.176 e. The standard InChI is InChI=1S/C55H60N14O3/c1-5-33-19-62-54-49(33)66-45(25-64-54)37-15-35-7-11-68(27-43(35)41(17-37)47-29-71-13-9-56-47)51(39-21-58-31(3)59-22-39)53(70)52(40-23-60-32(4)61-24-40)69-12-8-36-16-38(18-42(44(36)28-69)48-30-72-14-10-57-48)46-26-65-55-50(67-46)34(6-2)20-63-55/h15-26,47-48,51-52,56-57H,5-14,27-30H2,1-4H3,(H,62,64)(H,63,65). The summed E-state index contributed by atoms with van der Waals surface area (Å²) < 4.78 is 12.2. The van der Waals surface area contributed by atoms with Crippen LogP contribution in [0.1, 0.15) is 105 Å². The number of nitrogens with one attached hydrogen (secondary N) is 4. The molecule has 17 heteroatoms. The number of hydrogen-bond donors (Lipinski definition) is 4. The Labute approximate surface area is 418 Å². The first-order chi connectivity index (χ1) is 35.3. The number of aromatic nitrogens is 10. The zero-order chi connectivity index (χ0) is 48.9. The molecule has 0 bridgehead atoms. The van der Waals surface area contributed by atoms with Crippen molar-refractivity contribution < 1.29 is 14.3 Å². The Bertz CT molecular complexity index is 3070. The molecular weight excluding hydrogens is 905 g/mol. The van der Waals surface area contributed by atoms with E-state index in [0.717, 1.165) is 117 Å². The van der Waals surface area contributed by atoms with Gasteiger partial charge >= 0.3 is 0 Å². The molecule has 0 saturated carbocycles. The lowest BCUT2D eigenvalue weighted by Gasteiger charge is -2.42. The third-order valence-corrected chi connectivity index (χ3v) is 15.2. The van der Waals surface area contributed by atoms with Gasteiger partial charge in [0, 0.05) is 98.7 Å². The van der Waals surface area contributed by atoms with Gasteiger partial charge in [0.2, 0.25) is 0 Å². The molecule has 4 N–H and O–H groups in total. The van der Waals surface area contributed by atoms with Gasteiger partial charge in [-0.15, -0.1) is 0 Å². The summed E-state index contributed by atoms with van der Waals surface area (Å²) in [5, 5.41) is 7.49. The number of ether oxygens (including phenoxy) is 2. The molecule has 8 aromatic rings. The Kier molecular flexibility index (Phi) is 12.7. The van der Waals surface area contributed by atoms with Gasteiger partial charge in [-0.2, -0.15) is 0 Å². The summed E-state index contributed by atoms with van der Waals surface area (Å²) in [6.45, 7) is 14.2. The van der Waals surface area contributed by atoms with Crippen LogP contribution >= 0.6 is 0 Å². The lowest BCUT2D eigenvalue weighted by molar-refractivity contribution is -0.131. The molecule has 10 heterocycles. The molecule has 72 heavy (non-hydrogen) atoms. The molecule has 2 saturated heterocycles. The minimum Gasteiger partial charge on any atom is -0.378 e. The highest BCUT2D eigenvalue weighted by Gasteiger charge is 2.41. The first-order valence-corrected chi connectivity index (χ1v) is 25.5. The number of hydrogen-bond acceptors (Lipinski definition) is 15. The van der Waals surface area contributed by atoms with Crippen molar-refractivity contribution in [2.45, 2.75) is 90.6 Å². The second-order valence-corrected chi connectivity index (χ2v) is 19.6. The number of rotatable bonds is 12. The molecule has 4 atom stereocenters. The van der Waals surface area contributed by atoms with Gasteiger partial charge < -0.3 is 30.1 Å². The molecule has 4 unspecified atom stereocenters. The average molecular weight is 965 g/mol. The molecule has 0 amide bonds. The summed E-state index contributed by atoms with van der Waals surface area (Å²) in [4.78, 5) is 66.2. The Hall–Kier alpha value is -6.73. The van der Waals surface area contributed by atoms with E-state index in [9.17, 15) is 0 Å². The number of aromatic amines is 2.